The maximum absolute atomic E-state index is 13.6. The number of hydrogen-bond donors (Lipinski definition) is 0. The maximum atomic E-state index is 13.6. The van der Waals surface area contributed by atoms with E-state index < -0.39 is 0 Å². The topological polar surface area (TPSA) is 0 Å². The molecule has 0 nitrogen and oxygen atoms in total. The van der Waals surface area contributed by atoms with E-state index in [-0.39, 0.29) is 11.7 Å². The second-order valence-corrected chi connectivity index (χ2v) is 5.75. The summed E-state index contributed by atoms with van der Waals surface area (Å²) in [6, 6.07) is 10.8. The minimum atomic E-state index is -0.145. The Morgan fingerprint density at radius 1 is 0.947 bits per heavy atom. The summed E-state index contributed by atoms with van der Waals surface area (Å²) in [7, 11) is 0. The average Bonchev–Trinajstić information content (AvgIpc) is 2.36. The second kappa shape index (κ2) is 5.94. The molecular formula is C16H15Cl2F. The molecule has 0 amide bonds. The maximum Gasteiger partial charge on any atom is 0.126 e. The molecule has 0 atom stereocenters. The molecule has 0 heterocycles. The zero-order valence-corrected chi connectivity index (χ0v) is 12.4. The summed E-state index contributed by atoms with van der Waals surface area (Å²) in [4.78, 5) is 0. The third kappa shape index (κ3) is 3.49. The highest BCUT2D eigenvalue weighted by molar-refractivity contribution is 6.42. The Labute approximate surface area is 123 Å². The van der Waals surface area contributed by atoms with Crippen LogP contribution in [0.15, 0.2) is 36.4 Å². The molecule has 0 aliphatic heterocycles. The molecule has 0 aliphatic rings. The third-order valence-electron chi connectivity index (χ3n) is 3.07. The molecule has 0 radical (unpaired) electrons. The van der Waals surface area contributed by atoms with Crippen LogP contribution in [0, 0.1) is 5.82 Å². The molecule has 19 heavy (non-hydrogen) atoms. The molecule has 100 valence electrons. The van der Waals surface area contributed by atoms with Crippen LogP contribution < -0.4 is 0 Å². The van der Waals surface area contributed by atoms with Crippen LogP contribution >= 0.6 is 23.2 Å². The van der Waals surface area contributed by atoms with Crippen molar-refractivity contribution in [3.05, 3.63) is 69.0 Å². The smallest absolute Gasteiger partial charge is 0.126 e. The van der Waals surface area contributed by atoms with Crippen LogP contribution in [0.4, 0.5) is 4.39 Å². The molecule has 0 saturated heterocycles. The fourth-order valence-electron chi connectivity index (χ4n) is 2.03. The van der Waals surface area contributed by atoms with E-state index in [1.807, 2.05) is 38.1 Å². The largest absolute Gasteiger partial charge is 0.207 e. The minimum absolute atomic E-state index is 0.145. The van der Waals surface area contributed by atoms with Gasteiger partial charge in [-0.05, 0) is 47.2 Å². The van der Waals surface area contributed by atoms with Gasteiger partial charge in [0.05, 0.1) is 10.0 Å². The highest BCUT2D eigenvalue weighted by atomic mass is 35.5. The van der Waals surface area contributed by atoms with Crippen molar-refractivity contribution in [3.63, 3.8) is 0 Å². The Balaban J connectivity index is 2.28. The first-order valence-corrected chi connectivity index (χ1v) is 6.95. The highest BCUT2D eigenvalue weighted by Gasteiger charge is 2.08. The van der Waals surface area contributed by atoms with Crippen LogP contribution in [-0.4, -0.2) is 0 Å². The van der Waals surface area contributed by atoms with Gasteiger partial charge in [0.2, 0.25) is 0 Å². The molecule has 2 aromatic carbocycles. The summed E-state index contributed by atoms with van der Waals surface area (Å²) in [6.45, 7) is 3.97. The molecule has 2 aromatic rings. The Morgan fingerprint density at radius 2 is 1.58 bits per heavy atom. The van der Waals surface area contributed by atoms with Gasteiger partial charge in [-0.1, -0.05) is 55.2 Å². The predicted octanol–water partition coefficient (Wildman–Crippen LogP) is 5.85. The quantitative estimate of drug-likeness (QED) is 0.667. The molecule has 0 spiro atoms. The third-order valence-corrected chi connectivity index (χ3v) is 3.81. The molecule has 0 saturated carbocycles. The van der Waals surface area contributed by atoms with Crippen molar-refractivity contribution in [3.8, 4) is 0 Å². The van der Waals surface area contributed by atoms with Crippen LogP contribution in [0.3, 0.4) is 0 Å². The molecular weight excluding hydrogens is 282 g/mol. The van der Waals surface area contributed by atoms with Gasteiger partial charge < -0.3 is 0 Å². The molecule has 0 aliphatic carbocycles. The second-order valence-electron chi connectivity index (χ2n) is 4.94. The van der Waals surface area contributed by atoms with Gasteiger partial charge in [-0.15, -0.1) is 0 Å². The fraction of sp³-hybridized carbons (Fsp3) is 0.250. The molecule has 0 bridgehead atoms. The minimum Gasteiger partial charge on any atom is -0.207 e. The van der Waals surface area contributed by atoms with Crippen LogP contribution in [0.25, 0.3) is 0 Å². The number of halogens is 3. The average molecular weight is 297 g/mol. The number of hydrogen-bond acceptors (Lipinski definition) is 0. The van der Waals surface area contributed by atoms with Crippen LogP contribution in [-0.2, 0) is 6.42 Å². The lowest BCUT2D eigenvalue weighted by molar-refractivity contribution is 0.597. The van der Waals surface area contributed by atoms with Gasteiger partial charge in [0, 0.05) is 0 Å². The van der Waals surface area contributed by atoms with Crippen LogP contribution in [0.2, 0.25) is 10.0 Å². The van der Waals surface area contributed by atoms with Crippen LogP contribution in [0.5, 0.6) is 0 Å². The van der Waals surface area contributed by atoms with Crippen molar-refractivity contribution in [2.75, 3.05) is 0 Å². The molecule has 0 N–H and O–H groups in total. The van der Waals surface area contributed by atoms with Gasteiger partial charge in [-0.3, -0.25) is 0 Å². The Bertz CT molecular complexity index is 591. The highest BCUT2D eigenvalue weighted by Crippen LogP contribution is 2.25. The SMILES string of the molecule is CC(C)c1cc(Cc2ccc(Cl)c(Cl)c2)ccc1F. The Hall–Kier alpha value is -1.05. The van der Waals surface area contributed by atoms with Crippen molar-refractivity contribution in [1.82, 2.24) is 0 Å². The zero-order valence-electron chi connectivity index (χ0n) is 10.9. The zero-order chi connectivity index (χ0) is 14.0. The van der Waals surface area contributed by atoms with Gasteiger partial charge >= 0.3 is 0 Å². The molecule has 2 rings (SSSR count). The molecule has 0 fully saturated rings. The van der Waals surface area contributed by atoms with Gasteiger partial charge in [-0.2, -0.15) is 0 Å². The standard InChI is InChI=1S/C16H15Cl2F/c1-10(2)13-8-11(4-6-16(13)19)7-12-3-5-14(17)15(18)9-12/h3-6,8-10H,7H2,1-2H3. The van der Waals surface area contributed by atoms with Crippen molar-refractivity contribution in [1.29, 1.82) is 0 Å². The Kier molecular flexibility index (Phi) is 4.49. The van der Waals surface area contributed by atoms with E-state index >= 15 is 0 Å². The van der Waals surface area contributed by atoms with Gasteiger partial charge in [-0.25, -0.2) is 4.39 Å². The summed E-state index contributed by atoms with van der Waals surface area (Å²) in [5.41, 5.74) is 2.89. The van der Waals surface area contributed by atoms with E-state index in [0.717, 1.165) is 23.1 Å². The summed E-state index contributed by atoms with van der Waals surface area (Å²) >= 11 is 11.9. The lowest BCUT2D eigenvalue weighted by Gasteiger charge is -2.10. The number of benzene rings is 2. The lowest BCUT2D eigenvalue weighted by atomic mass is 9.97. The van der Waals surface area contributed by atoms with E-state index in [2.05, 4.69) is 0 Å². The summed E-state index contributed by atoms with van der Waals surface area (Å²) < 4.78 is 13.6. The van der Waals surface area contributed by atoms with Gasteiger partial charge in [0.25, 0.3) is 0 Å². The first kappa shape index (κ1) is 14.4. The van der Waals surface area contributed by atoms with E-state index in [1.165, 1.54) is 6.07 Å². The van der Waals surface area contributed by atoms with Crippen molar-refractivity contribution < 1.29 is 4.39 Å². The lowest BCUT2D eigenvalue weighted by Crippen LogP contribution is -1.96. The van der Waals surface area contributed by atoms with E-state index in [9.17, 15) is 4.39 Å². The molecule has 0 aromatic heterocycles. The predicted molar refractivity (Wildman–Crippen MR) is 79.8 cm³/mol. The normalized spacial score (nSPS) is 11.1. The van der Waals surface area contributed by atoms with Crippen molar-refractivity contribution >= 4 is 23.2 Å². The summed E-state index contributed by atoms with van der Waals surface area (Å²) in [5.74, 6) is 0.0293. The summed E-state index contributed by atoms with van der Waals surface area (Å²) in [6.07, 6.45) is 0.719. The Morgan fingerprint density at radius 3 is 2.21 bits per heavy atom. The van der Waals surface area contributed by atoms with E-state index in [4.69, 9.17) is 23.2 Å². The molecule has 3 heteroatoms. The van der Waals surface area contributed by atoms with Crippen molar-refractivity contribution in [2.45, 2.75) is 26.2 Å². The van der Waals surface area contributed by atoms with Gasteiger partial charge in [0.1, 0.15) is 5.82 Å². The molecule has 0 unspecified atom stereocenters. The number of rotatable bonds is 3. The van der Waals surface area contributed by atoms with E-state index in [1.54, 1.807) is 6.07 Å². The first-order valence-electron chi connectivity index (χ1n) is 6.19. The van der Waals surface area contributed by atoms with Crippen LogP contribution in [0.1, 0.15) is 36.5 Å². The van der Waals surface area contributed by atoms with Crippen molar-refractivity contribution in [2.24, 2.45) is 0 Å². The monoisotopic (exact) mass is 296 g/mol. The fourth-order valence-corrected chi connectivity index (χ4v) is 2.35. The summed E-state index contributed by atoms with van der Waals surface area (Å²) in [5, 5.41) is 1.10. The first-order chi connectivity index (χ1) is 8.97. The van der Waals surface area contributed by atoms with Gasteiger partial charge in [0.15, 0.2) is 0 Å². The van der Waals surface area contributed by atoms with E-state index in [0.29, 0.717) is 10.0 Å².